The van der Waals surface area contributed by atoms with Crippen molar-refractivity contribution in [1.29, 1.82) is 0 Å². The maximum atomic E-state index is 9.57. The molecule has 0 amide bonds. The molecule has 0 bridgehead atoms. The summed E-state index contributed by atoms with van der Waals surface area (Å²) in [5.41, 5.74) is 0.276. The average Bonchev–Trinajstić information content (AvgIpc) is 2.48. The molecule has 17 heavy (non-hydrogen) atoms. The third-order valence-electron chi connectivity index (χ3n) is 1.94. The second kappa shape index (κ2) is 4.61. The first-order valence-corrected chi connectivity index (χ1v) is 4.74. The molecular formula is C14H12O3. The fourth-order valence-corrected chi connectivity index (χ4v) is 1.21. The quantitative estimate of drug-likeness (QED) is 0.699. The molecule has 3 nitrogen and oxygen atoms in total. The van der Waals surface area contributed by atoms with E-state index in [4.69, 9.17) is 6.85 Å². The Balaban J connectivity index is 2.52. The van der Waals surface area contributed by atoms with Crippen LogP contribution in [0.1, 0.15) is 18.0 Å². The fraction of sp³-hybridized carbons (Fsp3) is 0. The number of phenolic OH excluding ortho intramolecular Hbond substituents is 3. The van der Waals surface area contributed by atoms with Crippen LogP contribution < -0.4 is 0 Å². The van der Waals surface area contributed by atoms with Crippen LogP contribution in [0.25, 0.3) is 12.2 Å². The Kier molecular flexibility index (Phi) is 1.72. The van der Waals surface area contributed by atoms with Gasteiger partial charge < -0.3 is 15.3 Å². The molecule has 0 aliphatic carbocycles. The Labute approximate surface area is 106 Å². The van der Waals surface area contributed by atoms with Gasteiger partial charge in [-0.2, -0.15) is 0 Å². The van der Waals surface area contributed by atoms with Crippen molar-refractivity contribution >= 4 is 12.2 Å². The van der Waals surface area contributed by atoms with Crippen LogP contribution in [-0.2, 0) is 0 Å². The Morgan fingerprint density at radius 1 is 0.765 bits per heavy atom. The van der Waals surface area contributed by atoms with Gasteiger partial charge >= 0.3 is 0 Å². The van der Waals surface area contributed by atoms with Crippen LogP contribution in [0.15, 0.2) is 42.3 Å². The lowest BCUT2D eigenvalue weighted by Crippen LogP contribution is -1.74. The first-order chi connectivity index (χ1) is 10.2. The van der Waals surface area contributed by atoms with E-state index in [1.165, 1.54) is 24.3 Å². The number of phenols is 3. The molecule has 0 atom stereocenters. The van der Waals surface area contributed by atoms with Gasteiger partial charge in [-0.25, -0.2) is 0 Å². The number of benzene rings is 2. The monoisotopic (exact) mass is 233 g/mol. The molecule has 0 radical (unpaired) electrons. The van der Waals surface area contributed by atoms with Gasteiger partial charge in [-0.15, -0.1) is 0 Å². The minimum atomic E-state index is -0.735. The van der Waals surface area contributed by atoms with Gasteiger partial charge in [-0.1, -0.05) is 24.3 Å². The van der Waals surface area contributed by atoms with Gasteiger partial charge in [-0.3, -0.25) is 0 Å². The summed E-state index contributed by atoms with van der Waals surface area (Å²) in [7, 11) is 0. The Bertz CT molecular complexity index is 735. The number of hydrogen-bond donors (Lipinski definition) is 3. The van der Waals surface area contributed by atoms with Crippen molar-refractivity contribution in [3.05, 3.63) is 53.5 Å². The normalized spacial score (nSPS) is 14.9. The van der Waals surface area contributed by atoms with Crippen molar-refractivity contribution in [3.8, 4) is 17.2 Å². The second-order valence-electron chi connectivity index (χ2n) is 3.25. The molecule has 2 aromatic rings. The first-order valence-electron chi connectivity index (χ1n) is 7.24. The van der Waals surface area contributed by atoms with Crippen LogP contribution in [0, 0.1) is 0 Å². The fourth-order valence-electron chi connectivity index (χ4n) is 1.21. The zero-order valence-electron chi connectivity index (χ0n) is 13.7. The van der Waals surface area contributed by atoms with E-state index in [0.717, 1.165) is 0 Å². The van der Waals surface area contributed by atoms with Gasteiger partial charge in [0.2, 0.25) is 0 Å². The number of rotatable bonds is 2. The topological polar surface area (TPSA) is 60.7 Å². The van der Waals surface area contributed by atoms with E-state index in [2.05, 4.69) is 0 Å². The van der Waals surface area contributed by atoms with Gasteiger partial charge in [0.25, 0.3) is 0 Å². The predicted molar refractivity (Wildman–Crippen MR) is 66.8 cm³/mol. The van der Waals surface area contributed by atoms with E-state index in [0.29, 0.717) is 5.56 Å². The molecule has 2 rings (SSSR count). The number of hydrogen-bond acceptors (Lipinski definition) is 3. The summed E-state index contributed by atoms with van der Waals surface area (Å²) >= 11 is 0. The highest BCUT2D eigenvalue weighted by Crippen LogP contribution is 2.22. The zero-order valence-corrected chi connectivity index (χ0v) is 8.65. The van der Waals surface area contributed by atoms with Crippen molar-refractivity contribution in [2.45, 2.75) is 0 Å². The van der Waals surface area contributed by atoms with Gasteiger partial charge in [-0.05, 0) is 35.3 Å². The maximum Gasteiger partial charge on any atom is 0.119 e. The van der Waals surface area contributed by atoms with E-state index >= 15 is 0 Å². The van der Waals surface area contributed by atoms with Crippen LogP contribution in [0.2, 0.25) is 0 Å². The predicted octanol–water partition coefficient (Wildman–Crippen LogP) is 2.97. The lowest BCUT2D eigenvalue weighted by Gasteiger charge is -1.98. The van der Waals surface area contributed by atoms with E-state index in [1.54, 1.807) is 0 Å². The van der Waals surface area contributed by atoms with Gasteiger partial charge in [0, 0.05) is 6.04 Å². The molecule has 0 aromatic heterocycles. The summed E-state index contributed by atoms with van der Waals surface area (Å²) in [4.78, 5) is 0. The lowest BCUT2D eigenvalue weighted by atomic mass is 10.1. The largest absolute Gasteiger partial charge is 0.508 e. The average molecular weight is 233 g/mol. The third kappa shape index (κ3) is 3.01. The van der Waals surface area contributed by atoms with E-state index in [9.17, 15) is 15.3 Å². The Hall–Kier alpha value is -2.42. The molecule has 86 valence electrons. The molecular weight excluding hydrogens is 216 g/mol. The molecule has 0 spiro atoms. The lowest BCUT2D eigenvalue weighted by molar-refractivity contribution is 0.450. The van der Waals surface area contributed by atoms with E-state index in [1.807, 2.05) is 0 Å². The molecule has 3 N–H and O–H groups in total. The third-order valence-corrected chi connectivity index (χ3v) is 1.94. The molecule has 0 fully saturated rings. The minimum absolute atomic E-state index is 0.0999. The van der Waals surface area contributed by atoms with E-state index < -0.39 is 35.4 Å². The summed E-state index contributed by atoms with van der Waals surface area (Å²) in [6.07, 6.45) is 2.64. The highest BCUT2D eigenvalue weighted by molar-refractivity contribution is 5.71. The summed E-state index contributed by atoms with van der Waals surface area (Å²) in [5, 5.41) is 28.5. The highest BCUT2D eigenvalue weighted by Gasteiger charge is 1.95. The van der Waals surface area contributed by atoms with Crippen molar-refractivity contribution < 1.29 is 22.2 Å². The van der Waals surface area contributed by atoms with Crippen LogP contribution in [0.3, 0.4) is 0 Å². The second-order valence-corrected chi connectivity index (χ2v) is 3.25. The van der Waals surface area contributed by atoms with Gasteiger partial charge in [0.05, 0.1) is 6.85 Å². The van der Waals surface area contributed by atoms with Crippen molar-refractivity contribution in [2.75, 3.05) is 0 Å². The van der Waals surface area contributed by atoms with Gasteiger partial charge in [0.15, 0.2) is 0 Å². The minimum Gasteiger partial charge on any atom is -0.508 e. The maximum absolute atomic E-state index is 9.57. The zero-order chi connectivity index (χ0) is 16.6. The molecule has 0 saturated carbocycles. The van der Waals surface area contributed by atoms with Crippen LogP contribution in [0.5, 0.6) is 17.2 Å². The van der Waals surface area contributed by atoms with Crippen LogP contribution in [-0.4, -0.2) is 15.3 Å². The van der Waals surface area contributed by atoms with Crippen molar-refractivity contribution in [2.24, 2.45) is 0 Å². The molecule has 0 unspecified atom stereocenters. The Morgan fingerprint density at radius 2 is 1.29 bits per heavy atom. The molecule has 3 heteroatoms. The SMILES string of the molecule is [2H]c1cc(/C=C/c2c([2H])c(O)c([2H])c(O)c2[2H])cc([2H])c1O. The number of aromatic hydroxyl groups is 3. The van der Waals surface area contributed by atoms with Gasteiger partial charge in [0.1, 0.15) is 17.2 Å². The molecule has 0 saturated heterocycles. The molecule has 0 heterocycles. The van der Waals surface area contributed by atoms with Crippen molar-refractivity contribution in [1.82, 2.24) is 0 Å². The van der Waals surface area contributed by atoms with E-state index in [-0.39, 0.29) is 17.6 Å². The standard InChI is InChI=1S/C14H12O3/c15-12-5-3-10(4-6-12)1-2-11-7-13(16)9-14(17)8-11/h1-9,15-17H/b2-1+/i5D,6D,7D,8D,9D. The first kappa shape index (κ1) is 6.35. The Morgan fingerprint density at radius 3 is 1.88 bits per heavy atom. The highest BCUT2D eigenvalue weighted by atomic mass is 16.3. The molecule has 2 aromatic carbocycles. The molecule has 0 aliphatic rings. The van der Waals surface area contributed by atoms with Crippen LogP contribution >= 0.6 is 0 Å². The summed E-state index contributed by atoms with van der Waals surface area (Å²) in [6.45, 7) is 0. The van der Waals surface area contributed by atoms with Crippen LogP contribution in [0.4, 0.5) is 0 Å². The van der Waals surface area contributed by atoms with Crippen molar-refractivity contribution in [3.63, 3.8) is 0 Å². The smallest absolute Gasteiger partial charge is 0.119 e. The summed E-state index contributed by atoms with van der Waals surface area (Å²) in [6, 6.07) is 0.470. The molecule has 0 aliphatic heterocycles. The summed E-state index contributed by atoms with van der Waals surface area (Å²) < 4.78 is 37.7. The summed E-state index contributed by atoms with van der Waals surface area (Å²) in [5.74, 6) is -1.92.